The number of rotatable bonds is 4. The largest absolute Gasteiger partial charge is 0.467 e. The summed E-state index contributed by atoms with van der Waals surface area (Å²) in [6, 6.07) is 0.159. The Hall–Kier alpha value is -1.14. The van der Waals surface area contributed by atoms with Gasteiger partial charge in [-0.1, -0.05) is 6.92 Å². The van der Waals surface area contributed by atoms with Crippen molar-refractivity contribution in [1.82, 2.24) is 15.0 Å². The van der Waals surface area contributed by atoms with Gasteiger partial charge in [0.2, 0.25) is 11.2 Å². The first-order valence-corrected chi connectivity index (χ1v) is 6.80. The summed E-state index contributed by atoms with van der Waals surface area (Å²) in [7, 11) is 1.46. The highest BCUT2D eigenvalue weighted by molar-refractivity contribution is 6.28. The minimum Gasteiger partial charge on any atom is -0.467 e. The van der Waals surface area contributed by atoms with Crippen molar-refractivity contribution >= 4 is 17.5 Å². The molecule has 106 valence electrons. The summed E-state index contributed by atoms with van der Waals surface area (Å²) in [5.41, 5.74) is -0.696. The molecule has 0 amide bonds. The Labute approximate surface area is 117 Å². The highest BCUT2D eigenvalue weighted by Gasteiger charge is 2.31. The average molecular weight is 287 g/mol. The molecule has 2 rings (SSSR count). The van der Waals surface area contributed by atoms with Crippen molar-refractivity contribution in [3.05, 3.63) is 5.28 Å². The zero-order valence-electron chi connectivity index (χ0n) is 11.2. The van der Waals surface area contributed by atoms with Crippen LogP contribution < -0.4 is 10.1 Å². The molecule has 6 nitrogen and oxygen atoms in total. The number of hydrogen-bond acceptors (Lipinski definition) is 6. The number of anilines is 1. The fourth-order valence-corrected chi connectivity index (χ4v) is 2.37. The van der Waals surface area contributed by atoms with Gasteiger partial charge < -0.3 is 15.2 Å². The highest BCUT2D eigenvalue weighted by atomic mass is 35.5. The molecule has 1 aliphatic rings. The SMILES string of the molecule is COc1nc(Cl)nc(NCC2(O)CCC(C)CC2)n1. The van der Waals surface area contributed by atoms with E-state index in [1.54, 1.807) is 0 Å². The Bertz CT molecular complexity index is 436. The van der Waals surface area contributed by atoms with E-state index in [0.717, 1.165) is 25.7 Å². The molecule has 1 heterocycles. The normalized spacial score (nSPS) is 27.1. The molecular weight excluding hydrogens is 268 g/mol. The number of aromatic nitrogens is 3. The lowest BCUT2D eigenvalue weighted by atomic mass is 9.79. The lowest BCUT2D eigenvalue weighted by Crippen LogP contribution is -2.40. The number of nitrogens with one attached hydrogen (secondary N) is 1. The molecule has 0 aliphatic heterocycles. The Morgan fingerprint density at radius 2 is 2.05 bits per heavy atom. The molecule has 0 unspecified atom stereocenters. The first-order chi connectivity index (χ1) is 9.00. The zero-order chi connectivity index (χ0) is 13.9. The molecule has 0 saturated heterocycles. The van der Waals surface area contributed by atoms with Crippen LogP contribution in [0, 0.1) is 5.92 Å². The number of hydrogen-bond donors (Lipinski definition) is 2. The third kappa shape index (κ3) is 3.91. The maximum Gasteiger partial charge on any atom is 0.322 e. The molecular formula is C12H19ClN4O2. The standard InChI is InChI=1S/C12H19ClN4O2/c1-8-3-5-12(18,6-4-8)7-14-10-15-9(13)16-11(17-10)19-2/h8,18H,3-7H2,1-2H3,(H,14,15,16,17). The lowest BCUT2D eigenvalue weighted by Gasteiger charge is -2.34. The first-order valence-electron chi connectivity index (χ1n) is 6.42. The topological polar surface area (TPSA) is 80.2 Å². The summed E-state index contributed by atoms with van der Waals surface area (Å²) >= 11 is 5.76. The third-order valence-corrected chi connectivity index (χ3v) is 3.72. The van der Waals surface area contributed by atoms with Gasteiger partial charge in [-0.05, 0) is 43.2 Å². The van der Waals surface area contributed by atoms with Crippen molar-refractivity contribution in [1.29, 1.82) is 0 Å². The summed E-state index contributed by atoms with van der Waals surface area (Å²) in [5, 5.41) is 13.5. The molecule has 0 bridgehead atoms. The van der Waals surface area contributed by atoms with Crippen LogP contribution in [0.1, 0.15) is 32.6 Å². The van der Waals surface area contributed by atoms with E-state index in [1.807, 2.05) is 0 Å². The van der Waals surface area contributed by atoms with Crippen LogP contribution in [0.4, 0.5) is 5.95 Å². The summed E-state index contributed by atoms with van der Waals surface area (Å²) in [6.07, 6.45) is 3.66. The number of nitrogens with zero attached hydrogens (tertiary/aromatic N) is 3. The van der Waals surface area contributed by atoms with E-state index in [9.17, 15) is 5.11 Å². The van der Waals surface area contributed by atoms with Crippen LogP contribution >= 0.6 is 11.6 Å². The number of ether oxygens (including phenoxy) is 1. The Balaban J connectivity index is 1.96. The first kappa shape index (κ1) is 14.3. The van der Waals surface area contributed by atoms with Crippen LogP contribution in [0.2, 0.25) is 5.28 Å². The molecule has 1 aliphatic carbocycles. The van der Waals surface area contributed by atoms with Crippen molar-refractivity contribution in [2.24, 2.45) is 5.92 Å². The van der Waals surface area contributed by atoms with Gasteiger partial charge in [0.05, 0.1) is 12.7 Å². The van der Waals surface area contributed by atoms with Crippen LogP contribution in [0.25, 0.3) is 0 Å². The van der Waals surface area contributed by atoms with Crippen LogP contribution in [-0.4, -0.2) is 39.3 Å². The van der Waals surface area contributed by atoms with Gasteiger partial charge in [0.25, 0.3) is 0 Å². The van der Waals surface area contributed by atoms with Gasteiger partial charge in [-0.2, -0.15) is 15.0 Å². The van der Waals surface area contributed by atoms with E-state index in [4.69, 9.17) is 16.3 Å². The fourth-order valence-electron chi connectivity index (χ4n) is 2.22. The van der Waals surface area contributed by atoms with E-state index in [-0.39, 0.29) is 11.3 Å². The maximum absolute atomic E-state index is 10.4. The van der Waals surface area contributed by atoms with Gasteiger partial charge in [-0.25, -0.2) is 0 Å². The Kier molecular flexibility index (Phi) is 4.42. The molecule has 2 N–H and O–H groups in total. The average Bonchev–Trinajstić information content (AvgIpc) is 2.40. The van der Waals surface area contributed by atoms with Gasteiger partial charge in [0, 0.05) is 6.54 Å². The highest BCUT2D eigenvalue weighted by Crippen LogP contribution is 2.31. The minimum atomic E-state index is -0.696. The summed E-state index contributed by atoms with van der Waals surface area (Å²) < 4.78 is 4.92. The van der Waals surface area contributed by atoms with Gasteiger partial charge in [-0.15, -0.1) is 0 Å². The predicted octanol–water partition coefficient (Wildman–Crippen LogP) is 1.89. The molecule has 0 atom stereocenters. The van der Waals surface area contributed by atoms with E-state index in [1.165, 1.54) is 7.11 Å². The molecule has 1 fully saturated rings. The summed E-state index contributed by atoms with van der Waals surface area (Å²) in [6.45, 7) is 2.62. The molecule has 19 heavy (non-hydrogen) atoms. The van der Waals surface area contributed by atoms with E-state index in [0.29, 0.717) is 18.4 Å². The van der Waals surface area contributed by atoms with Crippen molar-refractivity contribution in [3.63, 3.8) is 0 Å². The fraction of sp³-hybridized carbons (Fsp3) is 0.750. The van der Waals surface area contributed by atoms with Gasteiger partial charge in [0.1, 0.15) is 0 Å². The van der Waals surface area contributed by atoms with E-state index in [2.05, 4.69) is 27.2 Å². The van der Waals surface area contributed by atoms with Crippen molar-refractivity contribution in [2.75, 3.05) is 19.0 Å². The third-order valence-electron chi connectivity index (χ3n) is 3.55. The summed E-state index contributed by atoms with van der Waals surface area (Å²) in [5.74, 6) is 1.01. The lowest BCUT2D eigenvalue weighted by molar-refractivity contribution is 0.00486. The Morgan fingerprint density at radius 3 is 2.68 bits per heavy atom. The molecule has 0 spiro atoms. The molecule has 1 aromatic rings. The van der Waals surface area contributed by atoms with Crippen molar-refractivity contribution in [3.8, 4) is 6.01 Å². The Morgan fingerprint density at radius 1 is 1.37 bits per heavy atom. The molecule has 7 heteroatoms. The monoisotopic (exact) mass is 286 g/mol. The second-order valence-electron chi connectivity index (χ2n) is 5.18. The quantitative estimate of drug-likeness (QED) is 0.880. The van der Waals surface area contributed by atoms with E-state index < -0.39 is 5.60 Å². The minimum absolute atomic E-state index is 0.0682. The van der Waals surface area contributed by atoms with E-state index >= 15 is 0 Å². The zero-order valence-corrected chi connectivity index (χ0v) is 11.9. The molecule has 1 aromatic heterocycles. The number of aliphatic hydroxyl groups is 1. The molecule has 0 aromatic carbocycles. The second kappa shape index (κ2) is 5.88. The number of methoxy groups -OCH3 is 1. The second-order valence-corrected chi connectivity index (χ2v) is 5.51. The predicted molar refractivity (Wildman–Crippen MR) is 72.5 cm³/mol. The van der Waals surface area contributed by atoms with Crippen LogP contribution in [0.3, 0.4) is 0 Å². The maximum atomic E-state index is 10.4. The van der Waals surface area contributed by atoms with Gasteiger partial charge in [-0.3, -0.25) is 0 Å². The molecule has 1 saturated carbocycles. The van der Waals surface area contributed by atoms with Gasteiger partial charge >= 0.3 is 6.01 Å². The number of halogens is 1. The van der Waals surface area contributed by atoms with Crippen molar-refractivity contribution in [2.45, 2.75) is 38.2 Å². The van der Waals surface area contributed by atoms with Crippen molar-refractivity contribution < 1.29 is 9.84 Å². The van der Waals surface area contributed by atoms with Gasteiger partial charge in [0.15, 0.2) is 0 Å². The van der Waals surface area contributed by atoms with Crippen LogP contribution in [0.15, 0.2) is 0 Å². The molecule has 0 radical (unpaired) electrons. The van der Waals surface area contributed by atoms with Crippen LogP contribution in [-0.2, 0) is 0 Å². The smallest absolute Gasteiger partial charge is 0.322 e. The summed E-state index contributed by atoms with van der Waals surface area (Å²) in [4.78, 5) is 11.8. The van der Waals surface area contributed by atoms with Crippen LogP contribution in [0.5, 0.6) is 6.01 Å².